The second-order valence-corrected chi connectivity index (χ2v) is 9.60. The molecule has 4 heterocycles. The zero-order valence-electron chi connectivity index (χ0n) is 18.9. The molecule has 2 saturated heterocycles. The quantitative estimate of drug-likeness (QED) is 0.594. The number of phenols is 1. The van der Waals surface area contributed by atoms with E-state index in [0.717, 1.165) is 42.3 Å². The summed E-state index contributed by atoms with van der Waals surface area (Å²) in [7, 11) is 1.43. The normalized spacial score (nSPS) is 23.8. The van der Waals surface area contributed by atoms with Gasteiger partial charge in [-0.25, -0.2) is 14.2 Å². The number of phenolic OH excluding ortho intramolecular Hbond substituents is 1. The van der Waals surface area contributed by atoms with Crippen molar-refractivity contribution in [1.29, 1.82) is 0 Å². The fourth-order valence-electron chi connectivity index (χ4n) is 5.37. The zero-order valence-corrected chi connectivity index (χ0v) is 18.9. The Balaban J connectivity index is 1.26. The number of halogens is 1. The van der Waals surface area contributed by atoms with Crippen molar-refractivity contribution in [2.75, 3.05) is 4.90 Å². The second-order valence-electron chi connectivity index (χ2n) is 9.60. The standard InChI is InChI=1S/C24H26FN7O2/c1-31-12-19(25)22(28-24(31)34)13-2-7-18(20(33)8-13)23-26-11-21(29-30-23)32(16-5-6-16)17-9-14-3-4-15(10-17)27-14/h2,7-8,11-12,14-17,27,33H,3-6,9-10H2,1H3/t14-,15+,17?. The molecule has 9 nitrogen and oxygen atoms in total. The Bertz CT molecular complexity index is 1280. The Hall–Kier alpha value is -3.40. The molecule has 3 fully saturated rings. The van der Waals surface area contributed by atoms with Crippen LogP contribution >= 0.6 is 0 Å². The Morgan fingerprint density at radius 1 is 1.12 bits per heavy atom. The molecule has 2 aliphatic heterocycles. The van der Waals surface area contributed by atoms with Crippen LogP contribution in [0.3, 0.4) is 0 Å². The van der Waals surface area contributed by atoms with Crippen LogP contribution in [0, 0.1) is 5.82 Å². The van der Waals surface area contributed by atoms with Crippen molar-refractivity contribution in [2.24, 2.45) is 7.05 Å². The van der Waals surface area contributed by atoms with E-state index >= 15 is 0 Å². The van der Waals surface area contributed by atoms with Gasteiger partial charge in [-0.2, -0.15) is 4.98 Å². The number of fused-ring (bicyclic) bond motifs is 2. The van der Waals surface area contributed by atoms with Crippen LogP contribution < -0.4 is 15.9 Å². The molecule has 10 heteroatoms. The number of benzene rings is 1. The summed E-state index contributed by atoms with van der Waals surface area (Å²) in [6.07, 6.45) is 9.86. The van der Waals surface area contributed by atoms with Crippen molar-refractivity contribution in [2.45, 2.75) is 62.7 Å². The maximum Gasteiger partial charge on any atom is 0.348 e. The number of aromatic nitrogens is 5. The number of nitrogens with zero attached hydrogens (tertiary/aromatic N) is 6. The van der Waals surface area contributed by atoms with E-state index in [-0.39, 0.29) is 17.3 Å². The van der Waals surface area contributed by atoms with Crippen LogP contribution in [0.25, 0.3) is 22.6 Å². The van der Waals surface area contributed by atoms with Crippen LogP contribution in [0.15, 0.2) is 35.4 Å². The van der Waals surface area contributed by atoms with Gasteiger partial charge in [-0.3, -0.25) is 4.57 Å². The maximum atomic E-state index is 14.3. The largest absolute Gasteiger partial charge is 0.507 e. The van der Waals surface area contributed by atoms with Gasteiger partial charge in [0.05, 0.1) is 11.8 Å². The van der Waals surface area contributed by atoms with Crippen LogP contribution in [0.5, 0.6) is 5.75 Å². The molecule has 6 rings (SSSR count). The monoisotopic (exact) mass is 463 g/mol. The molecule has 2 aromatic heterocycles. The Kier molecular flexibility index (Phi) is 5.05. The fourth-order valence-corrected chi connectivity index (χ4v) is 5.37. The first-order chi connectivity index (χ1) is 16.5. The summed E-state index contributed by atoms with van der Waals surface area (Å²) in [5.41, 5.74) is -0.0215. The molecule has 1 unspecified atom stereocenters. The summed E-state index contributed by atoms with van der Waals surface area (Å²) < 4.78 is 15.4. The van der Waals surface area contributed by atoms with Crippen LogP contribution in [0.1, 0.15) is 38.5 Å². The third-order valence-corrected chi connectivity index (χ3v) is 7.15. The molecule has 0 radical (unpaired) electrons. The molecule has 1 aromatic carbocycles. The van der Waals surface area contributed by atoms with E-state index in [1.165, 1.54) is 26.0 Å². The van der Waals surface area contributed by atoms with Crippen molar-refractivity contribution in [3.05, 3.63) is 46.9 Å². The molecule has 0 amide bonds. The number of hydrogen-bond donors (Lipinski definition) is 2. The number of piperidine rings is 1. The minimum atomic E-state index is -0.650. The smallest absolute Gasteiger partial charge is 0.348 e. The third kappa shape index (κ3) is 3.81. The van der Waals surface area contributed by atoms with Gasteiger partial charge in [0.2, 0.25) is 0 Å². The summed E-state index contributed by atoms with van der Waals surface area (Å²) in [5.74, 6) is 0.275. The lowest BCUT2D eigenvalue weighted by atomic mass is 9.98. The Morgan fingerprint density at radius 2 is 1.88 bits per heavy atom. The first-order valence-electron chi connectivity index (χ1n) is 11.8. The van der Waals surface area contributed by atoms with Gasteiger partial charge in [0, 0.05) is 43.0 Å². The first kappa shape index (κ1) is 21.2. The molecule has 34 heavy (non-hydrogen) atoms. The van der Waals surface area contributed by atoms with Gasteiger partial charge in [-0.15, -0.1) is 10.2 Å². The number of hydrogen-bond acceptors (Lipinski definition) is 8. The topological polar surface area (TPSA) is 109 Å². The molecule has 2 bridgehead atoms. The van der Waals surface area contributed by atoms with Gasteiger partial charge in [0.1, 0.15) is 11.4 Å². The van der Waals surface area contributed by atoms with Crippen LogP contribution in [0.2, 0.25) is 0 Å². The van der Waals surface area contributed by atoms with Gasteiger partial charge in [0.15, 0.2) is 17.5 Å². The highest BCUT2D eigenvalue weighted by atomic mass is 19.1. The van der Waals surface area contributed by atoms with Crippen LogP contribution in [0.4, 0.5) is 10.2 Å². The van der Waals surface area contributed by atoms with E-state index < -0.39 is 11.5 Å². The highest BCUT2D eigenvalue weighted by molar-refractivity contribution is 5.71. The van der Waals surface area contributed by atoms with Gasteiger partial charge in [0.25, 0.3) is 0 Å². The number of aromatic hydroxyl groups is 1. The van der Waals surface area contributed by atoms with Crippen molar-refractivity contribution in [1.82, 2.24) is 30.0 Å². The average Bonchev–Trinajstić information content (AvgIpc) is 3.60. The molecule has 1 aliphatic carbocycles. The molecule has 3 aliphatic rings. The summed E-state index contributed by atoms with van der Waals surface area (Å²) in [6.45, 7) is 0. The maximum absolute atomic E-state index is 14.3. The molecule has 3 aromatic rings. The van der Waals surface area contributed by atoms with E-state index in [2.05, 4.69) is 30.4 Å². The van der Waals surface area contributed by atoms with E-state index in [0.29, 0.717) is 35.3 Å². The lowest BCUT2D eigenvalue weighted by Gasteiger charge is -2.38. The lowest BCUT2D eigenvalue weighted by molar-refractivity contribution is 0.343. The van der Waals surface area contributed by atoms with Crippen LogP contribution in [-0.2, 0) is 7.05 Å². The van der Waals surface area contributed by atoms with Crippen LogP contribution in [-0.4, -0.2) is 54.0 Å². The SMILES string of the molecule is Cn1cc(F)c(-c2ccc(-c3ncc(N(C4CC4)C4C[C@H]5CC[C@@H](C4)N5)nn3)c(O)c2)nc1=O. The minimum Gasteiger partial charge on any atom is -0.507 e. The number of anilines is 1. The predicted octanol–water partition coefficient (Wildman–Crippen LogP) is 2.40. The molecule has 176 valence electrons. The highest BCUT2D eigenvalue weighted by Gasteiger charge is 2.41. The third-order valence-electron chi connectivity index (χ3n) is 7.15. The van der Waals surface area contributed by atoms with E-state index in [4.69, 9.17) is 0 Å². The number of aryl methyl sites for hydroxylation is 1. The summed E-state index contributed by atoms with van der Waals surface area (Å²) in [4.78, 5) is 22.5. The van der Waals surface area contributed by atoms with E-state index in [9.17, 15) is 14.3 Å². The van der Waals surface area contributed by atoms with Gasteiger partial charge in [-0.05, 0) is 50.7 Å². The molecule has 3 atom stereocenters. The Labute approximate surface area is 195 Å². The number of rotatable bonds is 5. The van der Waals surface area contributed by atoms with Gasteiger partial charge >= 0.3 is 5.69 Å². The van der Waals surface area contributed by atoms with Gasteiger partial charge in [-0.1, -0.05) is 6.07 Å². The molecule has 0 spiro atoms. The van der Waals surface area contributed by atoms with Crippen molar-refractivity contribution >= 4 is 5.82 Å². The molecule has 1 saturated carbocycles. The summed E-state index contributed by atoms with van der Waals surface area (Å²) in [5, 5.41) is 23.1. The summed E-state index contributed by atoms with van der Waals surface area (Å²) >= 11 is 0. The predicted molar refractivity (Wildman–Crippen MR) is 124 cm³/mol. The van der Waals surface area contributed by atoms with Crippen molar-refractivity contribution < 1.29 is 9.50 Å². The number of nitrogens with one attached hydrogen (secondary N) is 1. The minimum absolute atomic E-state index is 0.115. The fraction of sp³-hybridized carbons (Fsp3) is 0.458. The van der Waals surface area contributed by atoms with Gasteiger partial charge < -0.3 is 15.3 Å². The Morgan fingerprint density at radius 3 is 2.53 bits per heavy atom. The summed E-state index contributed by atoms with van der Waals surface area (Å²) in [6, 6.07) is 6.65. The highest BCUT2D eigenvalue weighted by Crippen LogP contribution is 2.39. The molecular weight excluding hydrogens is 437 g/mol. The zero-order chi connectivity index (χ0) is 23.4. The second kappa shape index (κ2) is 8.12. The van der Waals surface area contributed by atoms with Crippen molar-refractivity contribution in [3.8, 4) is 28.4 Å². The van der Waals surface area contributed by atoms with E-state index in [1.54, 1.807) is 18.3 Å². The first-order valence-corrected chi connectivity index (χ1v) is 11.8. The average molecular weight is 464 g/mol. The van der Waals surface area contributed by atoms with Crippen molar-refractivity contribution in [3.63, 3.8) is 0 Å². The molecule has 2 N–H and O–H groups in total. The lowest BCUT2D eigenvalue weighted by Crippen LogP contribution is -2.49. The van der Waals surface area contributed by atoms with E-state index in [1.807, 2.05) is 0 Å². The molecular formula is C24H26FN7O2.